The summed E-state index contributed by atoms with van der Waals surface area (Å²) in [4.78, 5) is 36.0. The van der Waals surface area contributed by atoms with Crippen LogP contribution in [0.3, 0.4) is 0 Å². The van der Waals surface area contributed by atoms with Crippen LogP contribution in [0.1, 0.15) is 22.8 Å². The third kappa shape index (κ3) is 6.27. The minimum Gasteiger partial charge on any atom is -0.493 e. The fourth-order valence-electron chi connectivity index (χ4n) is 2.57. The highest BCUT2D eigenvalue weighted by molar-refractivity contribution is 6.31. The quantitative estimate of drug-likeness (QED) is 0.585. The van der Waals surface area contributed by atoms with Gasteiger partial charge in [0, 0.05) is 24.7 Å². The van der Waals surface area contributed by atoms with Crippen LogP contribution < -0.4 is 20.1 Å². The molecule has 2 amide bonds. The smallest absolute Gasteiger partial charge is 0.417 e. The van der Waals surface area contributed by atoms with Crippen LogP contribution in [0.25, 0.3) is 0 Å². The topological polar surface area (TPSA) is 103 Å². The van der Waals surface area contributed by atoms with E-state index < -0.39 is 41.2 Å². The van der Waals surface area contributed by atoms with Gasteiger partial charge < -0.3 is 24.8 Å². The number of hydrogen-bond donors (Lipinski definition) is 2. The fraction of sp³-hybridized carbons (Fsp3) is 0.250. The lowest BCUT2D eigenvalue weighted by Gasteiger charge is -2.15. The van der Waals surface area contributed by atoms with Crippen molar-refractivity contribution in [3.63, 3.8) is 0 Å². The molecule has 0 fully saturated rings. The molecule has 0 heterocycles. The Balaban J connectivity index is 2.15. The number of halogens is 4. The largest absolute Gasteiger partial charge is 0.493 e. The van der Waals surface area contributed by atoms with Crippen LogP contribution in [0.15, 0.2) is 30.3 Å². The van der Waals surface area contributed by atoms with Crippen molar-refractivity contribution in [2.24, 2.45) is 0 Å². The lowest BCUT2D eigenvalue weighted by molar-refractivity contribution is -0.137. The first-order valence-corrected chi connectivity index (χ1v) is 9.21. The van der Waals surface area contributed by atoms with Gasteiger partial charge in [0.15, 0.2) is 18.1 Å². The predicted molar refractivity (Wildman–Crippen MR) is 109 cm³/mol. The summed E-state index contributed by atoms with van der Waals surface area (Å²) in [6, 6.07) is 5.39. The van der Waals surface area contributed by atoms with E-state index in [9.17, 15) is 27.6 Å². The van der Waals surface area contributed by atoms with E-state index in [0.29, 0.717) is 6.07 Å². The molecular weight excluding hydrogens is 457 g/mol. The van der Waals surface area contributed by atoms with Crippen molar-refractivity contribution in [1.29, 1.82) is 0 Å². The number of rotatable bonds is 7. The number of alkyl halides is 3. The number of amides is 2. The van der Waals surface area contributed by atoms with E-state index in [1.807, 2.05) is 0 Å². The second-order valence-corrected chi connectivity index (χ2v) is 6.66. The molecule has 0 bridgehead atoms. The number of carbonyl (C=O) groups is 3. The van der Waals surface area contributed by atoms with Crippen molar-refractivity contribution in [2.45, 2.75) is 13.1 Å². The number of methoxy groups -OCH3 is 2. The molecule has 12 heteroatoms. The monoisotopic (exact) mass is 474 g/mol. The molecule has 32 heavy (non-hydrogen) atoms. The van der Waals surface area contributed by atoms with Gasteiger partial charge in [0.05, 0.1) is 36.1 Å². The molecule has 0 aromatic heterocycles. The number of nitrogens with one attached hydrogen (secondary N) is 2. The average molecular weight is 475 g/mol. The van der Waals surface area contributed by atoms with Crippen LogP contribution in [-0.4, -0.2) is 38.6 Å². The molecule has 0 unspecified atom stereocenters. The van der Waals surface area contributed by atoms with Gasteiger partial charge in [-0.05, 0) is 18.2 Å². The standard InChI is InChI=1S/C20H18ClF3N2O6/c1-10(27)25-15-8-17(31-3)16(30-2)7-12(15)19(29)32-9-18(28)26-11-4-5-14(21)13(6-11)20(22,23)24/h4-8H,9H2,1-3H3,(H,25,27)(H,26,28). The van der Waals surface area contributed by atoms with Crippen LogP contribution in [0.5, 0.6) is 11.5 Å². The van der Waals surface area contributed by atoms with Crippen LogP contribution in [0.4, 0.5) is 24.5 Å². The van der Waals surface area contributed by atoms with Gasteiger partial charge >= 0.3 is 12.1 Å². The van der Waals surface area contributed by atoms with Crippen molar-refractivity contribution >= 4 is 40.8 Å². The van der Waals surface area contributed by atoms with E-state index >= 15 is 0 Å². The first kappa shape index (κ1) is 24.8. The van der Waals surface area contributed by atoms with Gasteiger partial charge in [-0.15, -0.1) is 0 Å². The van der Waals surface area contributed by atoms with Crippen LogP contribution in [-0.2, 0) is 20.5 Å². The molecule has 2 aromatic rings. The van der Waals surface area contributed by atoms with Crippen molar-refractivity contribution in [2.75, 3.05) is 31.5 Å². The minimum atomic E-state index is -4.71. The SMILES string of the molecule is COc1cc(NC(C)=O)c(C(=O)OCC(=O)Nc2ccc(Cl)c(C(F)(F)F)c2)cc1OC. The molecule has 0 aliphatic carbocycles. The molecule has 2 rings (SSSR count). The molecule has 0 atom stereocenters. The molecule has 0 spiro atoms. The maximum atomic E-state index is 12.9. The zero-order valence-electron chi connectivity index (χ0n) is 17.1. The second-order valence-electron chi connectivity index (χ2n) is 6.25. The Morgan fingerprint density at radius 2 is 1.62 bits per heavy atom. The molecule has 0 radical (unpaired) electrons. The summed E-state index contributed by atoms with van der Waals surface area (Å²) >= 11 is 5.53. The van der Waals surface area contributed by atoms with E-state index in [1.54, 1.807) is 0 Å². The number of benzene rings is 2. The van der Waals surface area contributed by atoms with E-state index in [-0.39, 0.29) is 28.4 Å². The van der Waals surface area contributed by atoms with Crippen molar-refractivity contribution in [1.82, 2.24) is 0 Å². The van der Waals surface area contributed by atoms with Gasteiger partial charge in [-0.25, -0.2) is 4.79 Å². The molecule has 0 aliphatic rings. The highest BCUT2D eigenvalue weighted by Crippen LogP contribution is 2.36. The summed E-state index contributed by atoms with van der Waals surface area (Å²) in [5, 5.41) is 4.10. The average Bonchev–Trinajstić information content (AvgIpc) is 2.71. The lowest BCUT2D eigenvalue weighted by Crippen LogP contribution is -2.22. The molecule has 0 saturated carbocycles. The minimum absolute atomic E-state index is 0.0491. The first-order valence-electron chi connectivity index (χ1n) is 8.83. The summed E-state index contributed by atoms with van der Waals surface area (Å²) in [5.41, 5.74) is -1.39. The van der Waals surface area contributed by atoms with Gasteiger partial charge in [-0.1, -0.05) is 11.6 Å². The number of esters is 1. The normalized spacial score (nSPS) is 10.8. The Kier molecular flexibility index (Phi) is 7.92. The number of carbonyl (C=O) groups excluding carboxylic acids is 3. The van der Waals surface area contributed by atoms with Crippen LogP contribution >= 0.6 is 11.6 Å². The lowest BCUT2D eigenvalue weighted by atomic mass is 10.1. The summed E-state index contributed by atoms with van der Waals surface area (Å²) in [5.74, 6) is -1.97. The molecule has 172 valence electrons. The maximum Gasteiger partial charge on any atom is 0.417 e. The molecule has 0 saturated heterocycles. The van der Waals surface area contributed by atoms with Gasteiger partial charge in [-0.2, -0.15) is 13.2 Å². The third-order valence-electron chi connectivity index (χ3n) is 3.94. The highest BCUT2D eigenvalue weighted by atomic mass is 35.5. The summed E-state index contributed by atoms with van der Waals surface area (Å²) in [6.45, 7) is 0.414. The Morgan fingerprint density at radius 1 is 1.00 bits per heavy atom. The second kappa shape index (κ2) is 10.2. The maximum absolute atomic E-state index is 12.9. The van der Waals surface area contributed by atoms with Gasteiger partial charge in [0.2, 0.25) is 5.91 Å². The summed E-state index contributed by atoms with van der Waals surface area (Å²) in [6.07, 6.45) is -4.71. The van der Waals surface area contributed by atoms with Crippen molar-refractivity contribution < 1.29 is 41.8 Å². The van der Waals surface area contributed by atoms with Gasteiger partial charge in [0.1, 0.15) is 0 Å². The Labute approximate surface area is 185 Å². The number of anilines is 2. The molecule has 0 aliphatic heterocycles. The number of hydrogen-bond acceptors (Lipinski definition) is 6. The first-order chi connectivity index (χ1) is 15.0. The third-order valence-corrected chi connectivity index (χ3v) is 4.27. The Bertz CT molecular complexity index is 1040. The van der Waals surface area contributed by atoms with E-state index in [0.717, 1.165) is 6.07 Å². The van der Waals surface area contributed by atoms with E-state index in [1.165, 1.54) is 39.3 Å². The van der Waals surface area contributed by atoms with E-state index in [2.05, 4.69) is 10.6 Å². The molecule has 8 nitrogen and oxygen atoms in total. The summed E-state index contributed by atoms with van der Waals surface area (Å²) in [7, 11) is 2.69. The zero-order chi connectivity index (χ0) is 24.1. The Hall–Kier alpha value is -3.47. The molecule has 2 aromatic carbocycles. The van der Waals surface area contributed by atoms with E-state index in [4.69, 9.17) is 25.8 Å². The van der Waals surface area contributed by atoms with Crippen LogP contribution in [0, 0.1) is 0 Å². The van der Waals surface area contributed by atoms with Crippen LogP contribution in [0.2, 0.25) is 5.02 Å². The fourth-order valence-corrected chi connectivity index (χ4v) is 2.79. The molecule has 2 N–H and O–H groups in total. The van der Waals surface area contributed by atoms with Gasteiger partial charge in [-0.3, -0.25) is 9.59 Å². The van der Waals surface area contributed by atoms with Gasteiger partial charge in [0.25, 0.3) is 5.91 Å². The Morgan fingerprint density at radius 3 is 2.19 bits per heavy atom. The number of ether oxygens (including phenoxy) is 3. The summed E-state index contributed by atoms with van der Waals surface area (Å²) < 4.78 is 54.0. The molecular formula is C20H18ClF3N2O6. The highest BCUT2D eigenvalue weighted by Gasteiger charge is 2.33. The van der Waals surface area contributed by atoms with Crippen molar-refractivity contribution in [3.05, 3.63) is 46.5 Å². The van der Waals surface area contributed by atoms with Crippen molar-refractivity contribution in [3.8, 4) is 11.5 Å². The predicted octanol–water partition coefficient (Wildman–Crippen LogP) is 4.13. The zero-order valence-corrected chi connectivity index (χ0v) is 17.8.